The standard InChI is InChI=1S/C22H27N3O5/c1-13-10-14(2)25(12-17-6-5-9-30-17)22(28)20(13)21(27)24-18-11-16(23-15(3)26)7-8-19(18)29-4/h7-8,10-11,17H,5-6,9,12H2,1-4H3,(H,23,26)(H,24,27)/t17-/m1/s1. The van der Waals surface area contributed by atoms with Gasteiger partial charge in [0.05, 0.1) is 25.4 Å². The first-order valence-corrected chi connectivity index (χ1v) is 9.89. The van der Waals surface area contributed by atoms with Crippen molar-refractivity contribution in [3.05, 3.63) is 51.4 Å². The van der Waals surface area contributed by atoms with Crippen molar-refractivity contribution in [2.24, 2.45) is 0 Å². The van der Waals surface area contributed by atoms with E-state index in [1.807, 2.05) is 13.0 Å². The fourth-order valence-corrected chi connectivity index (χ4v) is 3.69. The van der Waals surface area contributed by atoms with Crippen LogP contribution in [0.4, 0.5) is 11.4 Å². The van der Waals surface area contributed by atoms with E-state index in [0.29, 0.717) is 35.8 Å². The summed E-state index contributed by atoms with van der Waals surface area (Å²) in [6, 6.07) is 6.73. The first-order valence-electron chi connectivity index (χ1n) is 9.89. The average molecular weight is 413 g/mol. The van der Waals surface area contributed by atoms with Crippen LogP contribution in [0.3, 0.4) is 0 Å². The van der Waals surface area contributed by atoms with E-state index in [9.17, 15) is 14.4 Å². The number of nitrogens with one attached hydrogen (secondary N) is 2. The van der Waals surface area contributed by atoms with Crippen LogP contribution in [0.2, 0.25) is 0 Å². The highest BCUT2D eigenvalue weighted by molar-refractivity contribution is 6.06. The predicted octanol–water partition coefficient (Wildman–Crippen LogP) is 2.86. The SMILES string of the molecule is COc1ccc(NC(C)=O)cc1NC(=O)c1c(C)cc(C)n(C[C@H]2CCCO2)c1=O. The van der Waals surface area contributed by atoms with Gasteiger partial charge in [0.1, 0.15) is 11.3 Å². The molecular weight excluding hydrogens is 386 g/mol. The number of carbonyl (C=O) groups is 2. The molecule has 1 saturated heterocycles. The van der Waals surface area contributed by atoms with E-state index in [1.54, 1.807) is 29.7 Å². The van der Waals surface area contributed by atoms with Gasteiger partial charge in [0.2, 0.25) is 5.91 Å². The summed E-state index contributed by atoms with van der Waals surface area (Å²) in [6.45, 7) is 6.11. The fourth-order valence-electron chi connectivity index (χ4n) is 3.69. The Hall–Kier alpha value is -3.13. The third-order valence-electron chi connectivity index (χ3n) is 5.11. The third-order valence-corrected chi connectivity index (χ3v) is 5.11. The number of aryl methyl sites for hydroxylation is 2. The molecule has 0 radical (unpaired) electrons. The second-order valence-electron chi connectivity index (χ2n) is 7.44. The minimum atomic E-state index is -0.531. The van der Waals surface area contributed by atoms with Gasteiger partial charge < -0.3 is 24.7 Å². The molecule has 0 bridgehead atoms. The summed E-state index contributed by atoms with van der Waals surface area (Å²) in [7, 11) is 1.48. The van der Waals surface area contributed by atoms with Crippen LogP contribution in [0.25, 0.3) is 0 Å². The maximum atomic E-state index is 13.2. The zero-order valence-corrected chi connectivity index (χ0v) is 17.7. The van der Waals surface area contributed by atoms with Crippen LogP contribution < -0.4 is 20.9 Å². The molecule has 8 heteroatoms. The van der Waals surface area contributed by atoms with Crippen molar-refractivity contribution in [3.63, 3.8) is 0 Å². The number of methoxy groups -OCH3 is 1. The molecule has 2 heterocycles. The second-order valence-corrected chi connectivity index (χ2v) is 7.44. The van der Waals surface area contributed by atoms with Gasteiger partial charge in [-0.15, -0.1) is 0 Å². The smallest absolute Gasteiger partial charge is 0.263 e. The summed E-state index contributed by atoms with van der Waals surface area (Å²) in [5, 5.41) is 5.42. The van der Waals surface area contributed by atoms with Gasteiger partial charge in [-0.2, -0.15) is 0 Å². The second kappa shape index (κ2) is 9.13. The number of amides is 2. The average Bonchev–Trinajstić information content (AvgIpc) is 3.18. The Labute approximate surface area is 175 Å². The van der Waals surface area contributed by atoms with Crippen molar-refractivity contribution < 1.29 is 19.1 Å². The molecule has 2 aromatic rings. The Morgan fingerprint density at radius 3 is 2.63 bits per heavy atom. The molecule has 0 unspecified atom stereocenters. The maximum absolute atomic E-state index is 13.2. The van der Waals surface area contributed by atoms with Crippen LogP contribution in [-0.2, 0) is 16.1 Å². The molecule has 1 fully saturated rings. The molecule has 2 amide bonds. The minimum Gasteiger partial charge on any atom is -0.495 e. The van der Waals surface area contributed by atoms with Crippen molar-refractivity contribution in [1.82, 2.24) is 4.57 Å². The first kappa shape index (κ1) is 21.6. The molecular formula is C22H27N3O5. The number of anilines is 2. The highest BCUT2D eigenvalue weighted by atomic mass is 16.5. The molecule has 8 nitrogen and oxygen atoms in total. The van der Waals surface area contributed by atoms with E-state index in [-0.39, 0.29) is 23.1 Å². The van der Waals surface area contributed by atoms with Gasteiger partial charge in [-0.25, -0.2) is 0 Å². The predicted molar refractivity (Wildman–Crippen MR) is 114 cm³/mol. The monoisotopic (exact) mass is 413 g/mol. The topological polar surface area (TPSA) is 98.7 Å². The fraction of sp³-hybridized carbons (Fsp3) is 0.409. The van der Waals surface area contributed by atoms with E-state index >= 15 is 0 Å². The molecule has 0 aliphatic carbocycles. The molecule has 1 aromatic carbocycles. The lowest BCUT2D eigenvalue weighted by molar-refractivity contribution is -0.114. The Bertz CT molecular complexity index is 1020. The van der Waals surface area contributed by atoms with Gasteiger partial charge >= 0.3 is 0 Å². The van der Waals surface area contributed by atoms with E-state index < -0.39 is 5.91 Å². The molecule has 2 N–H and O–H groups in total. The Morgan fingerprint density at radius 1 is 1.23 bits per heavy atom. The van der Waals surface area contributed by atoms with Gasteiger partial charge in [-0.1, -0.05) is 0 Å². The molecule has 3 rings (SSSR count). The summed E-state index contributed by atoms with van der Waals surface area (Å²) >= 11 is 0. The molecule has 1 aliphatic rings. The summed E-state index contributed by atoms with van der Waals surface area (Å²) in [6.07, 6.45) is 1.85. The summed E-state index contributed by atoms with van der Waals surface area (Å²) in [4.78, 5) is 37.6. The van der Waals surface area contributed by atoms with Gasteiger partial charge in [0.15, 0.2) is 0 Å². The van der Waals surface area contributed by atoms with Gasteiger partial charge in [0, 0.05) is 24.9 Å². The molecule has 1 atom stereocenters. The van der Waals surface area contributed by atoms with Crippen molar-refractivity contribution in [2.45, 2.75) is 46.3 Å². The van der Waals surface area contributed by atoms with Crippen molar-refractivity contribution in [2.75, 3.05) is 24.4 Å². The van der Waals surface area contributed by atoms with Crippen LogP contribution in [0.15, 0.2) is 29.1 Å². The number of benzene rings is 1. The van der Waals surface area contributed by atoms with E-state index in [1.165, 1.54) is 14.0 Å². The lowest BCUT2D eigenvalue weighted by Crippen LogP contribution is -2.34. The summed E-state index contributed by atoms with van der Waals surface area (Å²) < 4.78 is 12.6. The minimum absolute atomic E-state index is 0.0190. The first-order chi connectivity index (χ1) is 14.3. The molecule has 1 aromatic heterocycles. The Kier molecular flexibility index (Phi) is 6.56. The van der Waals surface area contributed by atoms with Gasteiger partial charge in [0.25, 0.3) is 11.5 Å². The van der Waals surface area contributed by atoms with Gasteiger partial charge in [-0.05, 0) is 56.5 Å². The number of ether oxygens (including phenoxy) is 2. The lowest BCUT2D eigenvalue weighted by atomic mass is 10.1. The Morgan fingerprint density at radius 2 is 2.00 bits per heavy atom. The molecule has 160 valence electrons. The number of nitrogens with zero attached hydrogens (tertiary/aromatic N) is 1. The highest BCUT2D eigenvalue weighted by Gasteiger charge is 2.22. The number of aromatic nitrogens is 1. The summed E-state index contributed by atoms with van der Waals surface area (Å²) in [5.74, 6) is -0.345. The van der Waals surface area contributed by atoms with E-state index in [4.69, 9.17) is 9.47 Å². The van der Waals surface area contributed by atoms with Crippen LogP contribution >= 0.6 is 0 Å². The van der Waals surface area contributed by atoms with Crippen LogP contribution in [0.5, 0.6) is 5.75 Å². The lowest BCUT2D eigenvalue weighted by Gasteiger charge is -2.18. The molecule has 0 saturated carbocycles. The zero-order valence-electron chi connectivity index (χ0n) is 17.7. The van der Waals surface area contributed by atoms with Crippen LogP contribution in [0, 0.1) is 13.8 Å². The molecule has 30 heavy (non-hydrogen) atoms. The van der Waals surface area contributed by atoms with Crippen LogP contribution in [-0.4, -0.2) is 36.2 Å². The highest BCUT2D eigenvalue weighted by Crippen LogP contribution is 2.28. The van der Waals surface area contributed by atoms with Crippen molar-refractivity contribution >= 4 is 23.2 Å². The quantitative estimate of drug-likeness (QED) is 0.759. The number of pyridine rings is 1. The molecule has 1 aliphatic heterocycles. The number of hydrogen-bond acceptors (Lipinski definition) is 5. The van der Waals surface area contributed by atoms with Crippen LogP contribution in [0.1, 0.15) is 41.4 Å². The van der Waals surface area contributed by atoms with Crippen molar-refractivity contribution in [1.29, 1.82) is 0 Å². The Balaban J connectivity index is 1.93. The maximum Gasteiger partial charge on any atom is 0.263 e. The summed E-state index contributed by atoms with van der Waals surface area (Å²) in [5.41, 5.74) is 1.97. The largest absolute Gasteiger partial charge is 0.495 e. The van der Waals surface area contributed by atoms with Crippen molar-refractivity contribution in [3.8, 4) is 5.75 Å². The van der Waals surface area contributed by atoms with E-state index in [2.05, 4.69) is 10.6 Å². The van der Waals surface area contributed by atoms with Gasteiger partial charge in [-0.3, -0.25) is 14.4 Å². The number of rotatable bonds is 6. The third kappa shape index (κ3) is 4.71. The zero-order chi connectivity index (χ0) is 21.8. The normalized spacial score (nSPS) is 15.7. The number of carbonyl (C=O) groups excluding carboxylic acids is 2. The number of hydrogen-bond donors (Lipinski definition) is 2. The van der Waals surface area contributed by atoms with E-state index in [0.717, 1.165) is 18.5 Å². The molecule has 0 spiro atoms.